The molecule has 0 radical (unpaired) electrons. The second-order valence-corrected chi connectivity index (χ2v) is 3.55. The maximum atomic E-state index is 11.4. The lowest BCUT2D eigenvalue weighted by atomic mass is 10.0. The van der Waals surface area contributed by atoms with Gasteiger partial charge in [-0.1, -0.05) is 11.6 Å². The van der Waals surface area contributed by atoms with Gasteiger partial charge < -0.3 is 10.0 Å². The molecule has 4 heteroatoms. The summed E-state index contributed by atoms with van der Waals surface area (Å²) in [5.41, 5.74) is 1.71. The van der Waals surface area contributed by atoms with Gasteiger partial charge in [-0.2, -0.15) is 0 Å². The summed E-state index contributed by atoms with van der Waals surface area (Å²) in [6.45, 7) is 1.82. The second kappa shape index (κ2) is 4.13. The monoisotopic (exact) mass is 207 g/mol. The number of carboxylic acid groups (broad SMARTS) is 1. The van der Waals surface area contributed by atoms with Gasteiger partial charge in [0.15, 0.2) is 0 Å². The summed E-state index contributed by atoms with van der Waals surface area (Å²) in [7, 11) is 3.53. The zero-order chi connectivity index (χ0) is 11.6. The van der Waals surface area contributed by atoms with Crippen molar-refractivity contribution in [3.05, 3.63) is 29.3 Å². The van der Waals surface area contributed by atoms with E-state index in [-0.39, 0.29) is 5.56 Å². The molecule has 0 aromatic heterocycles. The average molecular weight is 207 g/mol. The van der Waals surface area contributed by atoms with E-state index in [4.69, 9.17) is 5.11 Å². The van der Waals surface area contributed by atoms with Crippen molar-refractivity contribution in [3.63, 3.8) is 0 Å². The van der Waals surface area contributed by atoms with Gasteiger partial charge in [0.2, 0.25) is 0 Å². The molecule has 0 bridgehead atoms. The number of anilines is 1. The molecule has 0 fully saturated rings. The second-order valence-electron chi connectivity index (χ2n) is 3.55. The van der Waals surface area contributed by atoms with Crippen molar-refractivity contribution in [2.24, 2.45) is 0 Å². The average Bonchev–Trinajstić information content (AvgIpc) is 2.15. The first kappa shape index (κ1) is 11.2. The number of carbonyl (C=O) groups is 2. The smallest absolute Gasteiger partial charge is 0.377 e. The van der Waals surface area contributed by atoms with Gasteiger partial charge >= 0.3 is 5.97 Å². The first-order valence-electron chi connectivity index (χ1n) is 4.49. The zero-order valence-electron chi connectivity index (χ0n) is 8.94. The number of nitrogens with zero attached hydrogens (tertiary/aromatic N) is 1. The van der Waals surface area contributed by atoms with Crippen LogP contribution in [0, 0.1) is 6.92 Å². The number of ketones is 1. The largest absolute Gasteiger partial charge is 0.475 e. The molecule has 1 aromatic carbocycles. The number of aliphatic carboxylic acids is 1. The molecule has 15 heavy (non-hydrogen) atoms. The molecule has 0 unspecified atom stereocenters. The number of aryl methyl sites for hydroxylation is 1. The SMILES string of the molecule is Cc1ccc(N(C)C)c(C(=O)C(=O)O)c1. The van der Waals surface area contributed by atoms with Gasteiger partial charge in [-0.3, -0.25) is 4.79 Å². The van der Waals surface area contributed by atoms with E-state index in [9.17, 15) is 9.59 Å². The standard InChI is InChI=1S/C11H13NO3/c1-7-4-5-9(12(2)3)8(6-7)10(13)11(14)15/h4-6H,1-3H3,(H,14,15). The lowest BCUT2D eigenvalue weighted by molar-refractivity contribution is -0.131. The number of carboxylic acids is 1. The number of hydrogen-bond acceptors (Lipinski definition) is 3. The van der Waals surface area contributed by atoms with Crippen molar-refractivity contribution in [1.29, 1.82) is 0 Å². The van der Waals surface area contributed by atoms with E-state index < -0.39 is 11.8 Å². The normalized spacial score (nSPS) is 9.80. The van der Waals surface area contributed by atoms with Crippen molar-refractivity contribution in [2.75, 3.05) is 19.0 Å². The maximum absolute atomic E-state index is 11.4. The Morgan fingerprint density at radius 3 is 2.33 bits per heavy atom. The van der Waals surface area contributed by atoms with Crippen molar-refractivity contribution < 1.29 is 14.7 Å². The Labute approximate surface area is 88.1 Å². The summed E-state index contributed by atoms with van der Waals surface area (Å²) in [6, 6.07) is 5.17. The van der Waals surface area contributed by atoms with Crippen LogP contribution >= 0.6 is 0 Å². The molecule has 80 valence electrons. The van der Waals surface area contributed by atoms with Crippen LogP contribution in [0.3, 0.4) is 0 Å². The van der Waals surface area contributed by atoms with Gasteiger partial charge in [0, 0.05) is 19.8 Å². The molecule has 0 aliphatic heterocycles. The van der Waals surface area contributed by atoms with Crippen LogP contribution in [0.2, 0.25) is 0 Å². The lowest BCUT2D eigenvalue weighted by Gasteiger charge is -2.16. The van der Waals surface area contributed by atoms with E-state index in [0.717, 1.165) is 5.56 Å². The minimum absolute atomic E-state index is 0.229. The van der Waals surface area contributed by atoms with Crippen LogP contribution in [-0.4, -0.2) is 31.0 Å². The molecule has 0 saturated carbocycles. The van der Waals surface area contributed by atoms with Crippen molar-refractivity contribution in [1.82, 2.24) is 0 Å². The van der Waals surface area contributed by atoms with E-state index in [1.54, 1.807) is 31.1 Å². The number of carbonyl (C=O) groups excluding carboxylic acids is 1. The fourth-order valence-corrected chi connectivity index (χ4v) is 1.34. The van der Waals surface area contributed by atoms with Crippen molar-refractivity contribution in [2.45, 2.75) is 6.92 Å². The van der Waals surface area contributed by atoms with E-state index in [0.29, 0.717) is 5.69 Å². The summed E-state index contributed by atoms with van der Waals surface area (Å²) in [4.78, 5) is 23.7. The van der Waals surface area contributed by atoms with Gasteiger partial charge in [-0.05, 0) is 19.1 Å². The lowest BCUT2D eigenvalue weighted by Crippen LogP contribution is -2.19. The van der Waals surface area contributed by atoms with Crippen LogP contribution in [0.25, 0.3) is 0 Å². The van der Waals surface area contributed by atoms with Crippen LogP contribution < -0.4 is 4.90 Å². The minimum atomic E-state index is -1.43. The summed E-state index contributed by atoms with van der Waals surface area (Å²) in [5.74, 6) is -2.30. The van der Waals surface area contributed by atoms with Crippen molar-refractivity contribution in [3.8, 4) is 0 Å². The van der Waals surface area contributed by atoms with Crippen molar-refractivity contribution >= 4 is 17.4 Å². The Bertz CT molecular complexity index is 410. The molecule has 1 aromatic rings. The summed E-state index contributed by atoms with van der Waals surface area (Å²) in [5, 5.41) is 8.66. The predicted molar refractivity (Wildman–Crippen MR) is 57.5 cm³/mol. The number of Topliss-reactive ketones (excluding diaryl/α,β-unsaturated/α-hetero) is 1. The predicted octanol–water partition coefficient (Wildman–Crippen LogP) is 1.33. The first-order valence-corrected chi connectivity index (χ1v) is 4.49. The van der Waals surface area contributed by atoms with Crippen LogP contribution in [-0.2, 0) is 4.79 Å². The number of benzene rings is 1. The summed E-state index contributed by atoms with van der Waals surface area (Å²) in [6.07, 6.45) is 0. The third kappa shape index (κ3) is 2.34. The topological polar surface area (TPSA) is 57.6 Å². The molecule has 0 aliphatic carbocycles. The minimum Gasteiger partial charge on any atom is -0.475 e. The number of rotatable bonds is 3. The van der Waals surface area contributed by atoms with E-state index >= 15 is 0 Å². The molecule has 0 atom stereocenters. The highest BCUT2D eigenvalue weighted by molar-refractivity contribution is 6.41. The Morgan fingerprint density at radius 2 is 1.87 bits per heavy atom. The van der Waals surface area contributed by atoms with Gasteiger partial charge in [0.25, 0.3) is 5.78 Å². The van der Waals surface area contributed by atoms with Gasteiger partial charge in [-0.15, -0.1) is 0 Å². The van der Waals surface area contributed by atoms with Crippen LogP contribution in [0.1, 0.15) is 15.9 Å². The Balaban J connectivity index is 3.30. The molecule has 0 amide bonds. The van der Waals surface area contributed by atoms with E-state index in [1.807, 2.05) is 13.0 Å². The van der Waals surface area contributed by atoms with E-state index in [2.05, 4.69) is 0 Å². The fourth-order valence-electron chi connectivity index (χ4n) is 1.34. The van der Waals surface area contributed by atoms with Gasteiger partial charge in [0.1, 0.15) is 0 Å². The molecule has 0 spiro atoms. The molecule has 1 N–H and O–H groups in total. The van der Waals surface area contributed by atoms with Crippen LogP contribution in [0.15, 0.2) is 18.2 Å². The van der Waals surface area contributed by atoms with E-state index in [1.165, 1.54) is 0 Å². The van der Waals surface area contributed by atoms with Crippen LogP contribution in [0.5, 0.6) is 0 Å². The quantitative estimate of drug-likeness (QED) is 0.600. The Morgan fingerprint density at radius 1 is 1.27 bits per heavy atom. The zero-order valence-corrected chi connectivity index (χ0v) is 8.94. The van der Waals surface area contributed by atoms with Gasteiger partial charge in [-0.25, -0.2) is 4.79 Å². The third-order valence-electron chi connectivity index (χ3n) is 2.07. The molecule has 0 saturated heterocycles. The molecule has 4 nitrogen and oxygen atoms in total. The first-order chi connectivity index (χ1) is 6.93. The Kier molecular flexibility index (Phi) is 3.09. The van der Waals surface area contributed by atoms with Gasteiger partial charge in [0.05, 0.1) is 5.56 Å². The maximum Gasteiger partial charge on any atom is 0.377 e. The molecular weight excluding hydrogens is 194 g/mol. The number of hydrogen-bond donors (Lipinski definition) is 1. The highest BCUT2D eigenvalue weighted by Gasteiger charge is 2.19. The highest BCUT2D eigenvalue weighted by Crippen LogP contribution is 2.20. The molecular formula is C11H13NO3. The summed E-state index contributed by atoms with van der Waals surface area (Å²) >= 11 is 0. The highest BCUT2D eigenvalue weighted by atomic mass is 16.4. The summed E-state index contributed by atoms with van der Waals surface area (Å²) < 4.78 is 0. The van der Waals surface area contributed by atoms with Crippen LogP contribution in [0.4, 0.5) is 5.69 Å². The molecule has 0 aliphatic rings. The molecule has 0 heterocycles. The Hall–Kier alpha value is -1.84. The molecule has 1 rings (SSSR count). The fraction of sp³-hybridized carbons (Fsp3) is 0.273. The third-order valence-corrected chi connectivity index (χ3v) is 2.07.